The van der Waals surface area contributed by atoms with Crippen LogP contribution in [0.4, 0.5) is 10.1 Å². The largest absolute Gasteiger partial charge is 0.325 e. The molecule has 0 spiro atoms. The minimum absolute atomic E-state index is 0.119. The van der Waals surface area contributed by atoms with Crippen molar-refractivity contribution in [2.75, 3.05) is 11.9 Å². The van der Waals surface area contributed by atoms with Gasteiger partial charge in [-0.3, -0.25) is 10.1 Å². The molecule has 0 aliphatic heterocycles. The quantitative estimate of drug-likeness (QED) is 0.831. The molecule has 0 heterocycles. The monoisotopic (exact) mass is 348 g/mol. The summed E-state index contributed by atoms with van der Waals surface area (Å²) in [5, 5.41) is 6.41. The van der Waals surface area contributed by atoms with Gasteiger partial charge in [0.25, 0.3) is 0 Å². The second kappa shape index (κ2) is 7.32. The van der Waals surface area contributed by atoms with Crippen molar-refractivity contribution in [1.82, 2.24) is 5.32 Å². The van der Waals surface area contributed by atoms with Crippen molar-refractivity contribution in [2.45, 2.75) is 33.2 Å². The Labute approximate surface area is 147 Å². The first-order valence-electron chi connectivity index (χ1n) is 7.77. The number of benzene rings is 2. The summed E-state index contributed by atoms with van der Waals surface area (Å²) in [5.74, 6) is -0.526. The van der Waals surface area contributed by atoms with Gasteiger partial charge in [0.05, 0.1) is 6.54 Å². The Morgan fingerprint density at radius 1 is 1.17 bits per heavy atom. The Morgan fingerprint density at radius 2 is 1.88 bits per heavy atom. The second-order valence-electron chi connectivity index (χ2n) is 6.47. The summed E-state index contributed by atoms with van der Waals surface area (Å²) in [6, 6.07) is 10.2. The molecule has 0 radical (unpaired) electrons. The number of rotatable bonds is 5. The van der Waals surface area contributed by atoms with Crippen molar-refractivity contribution in [3.05, 3.63) is 63.9 Å². The van der Waals surface area contributed by atoms with E-state index in [2.05, 4.69) is 10.6 Å². The highest BCUT2D eigenvalue weighted by atomic mass is 35.5. The normalized spacial score (nSPS) is 11.4. The molecule has 0 saturated carbocycles. The van der Waals surface area contributed by atoms with E-state index in [0.29, 0.717) is 5.02 Å². The molecule has 2 rings (SSSR count). The Kier molecular flexibility index (Phi) is 5.62. The lowest BCUT2D eigenvalue weighted by molar-refractivity contribution is -0.115. The van der Waals surface area contributed by atoms with E-state index in [4.69, 9.17) is 11.6 Å². The summed E-state index contributed by atoms with van der Waals surface area (Å²) in [6.45, 7) is 7.85. The van der Waals surface area contributed by atoms with Gasteiger partial charge < -0.3 is 5.32 Å². The van der Waals surface area contributed by atoms with Crippen molar-refractivity contribution in [2.24, 2.45) is 0 Å². The molecule has 0 atom stereocenters. The Balaban J connectivity index is 2.03. The highest BCUT2D eigenvalue weighted by Gasteiger charge is 2.24. The average Bonchev–Trinajstić information content (AvgIpc) is 2.49. The Bertz CT molecular complexity index is 759. The van der Waals surface area contributed by atoms with Crippen LogP contribution in [-0.2, 0) is 10.3 Å². The predicted molar refractivity (Wildman–Crippen MR) is 97.0 cm³/mol. The SMILES string of the molecule is Cc1ccc(C)c(NC(=O)CNC(C)(C)c2ccc(F)cc2Cl)c1. The van der Waals surface area contributed by atoms with E-state index in [1.807, 2.05) is 45.9 Å². The molecular formula is C19H22ClFN2O. The maximum absolute atomic E-state index is 13.2. The number of hydrogen-bond acceptors (Lipinski definition) is 2. The molecule has 2 N–H and O–H groups in total. The van der Waals surface area contributed by atoms with Gasteiger partial charge in [0.15, 0.2) is 0 Å². The van der Waals surface area contributed by atoms with Gasteiger partial charge in [0.2, 0.25) is 5.91 Å². The van der Waals surface area contributed by atoms with Crippen molar-refractivity contribution in [3.8, 4) is 0 Å². The van der Waals surface area contributed by atoms with E-state index in [9.17, 15) is 9.18 Å². The summed E-state index contributed by atoms with van der Waals surface area (Å²) >= 11 is 6.12. The van der Waals surface area contributed by atoms with Gasteiger partial charge in [-0.2, -0.15) is 0 Å². The van der Waals surface area contributed by atoms with Gasteiger partial charge in [-0.1, -0.05) is 29.8 Å². The molecule has 128 valence electrons. The molecule has 24 heavy (non-hydrogen) atoms. The molecule has 0 aliphatic carbocycles. The minimum Gasteiger partial charge on any atom is -0.325 e. The first-order chi connectivity index (χ1) is 11.2. The Morgan fingerprint density at radius 3 is 2.54 bits per heavy atom. The van der Waals surface area contributed by atoms with Crippen LogP contribution in [0.1, 0.15) is 30.5 Å². The molecule has 2 aromatic rings. The van der Waals surface area contributed by atoms with Gasteiger partial charge in [-0.05, 0) is 62.6 Å². The van der Waals surface area contributed by atoms with E-state index in [0.717, 1.165) is 22.4 Å². The zero-order valence-corrected chi connectivity index (χ0v) is 15.1. The zero-order valence-electron chi connectivity index (χ0n) is 14.3. The van der Waals surface area contributed by atoms with Gasteiger partial charge in [0.1, 0.15) is 5.82 Å². The van der Waals surface area contributed by atoms with E-state index < -0.39 is 5.54 Å². The van der Waals surface area contributed by atoms with Gasteiger partial charge in [0, 0.05) is 16.2 Å². The first kappa shape index (κ1) is 18.4. The molecular weight excluding hydrogens is 327 g/mol. The molecule has 5 heteroatoms. The molecule has 1 amide bonds. The first-order valence-corrected chi connectivity index (χ1v) is 8.14. The van der Waals surface area contributed by atoms with Crippen molar-refractivity contribution in [3.63, 3.8) is 0 Å². The van der Waals surface area contributed by atoms with Crippen LogP contribution < -0.4 is 10.6 Å². The van der Waals surface area contributed by atoms with Gasteiger partial charge in [-0.25, -0.2) is 4.39 Å². The predicted octanol–water partition coefficient (Wildman–Crippen LogP) is 4.56. The van der Waals surface area contributed by atoms with Crippen LogP contribution in [0.25, 0.3) is 0 Å². The standard InChI is InChI=1S/C19H22ClFN2O/c1-12-5-6-13(2)17(9-12)23-18(24)11-22-19(3,4)15-8-7-14(21)10-16(15)20/h5-10,22H,11H2,1-4H3,(H,23,24). The number of halogens is 2. The molecule has 0 bridgehead atoms. The number of carbonyl (C=O) groups is 1. The molecule has 2 aromatic carbocycles. The maximum atomic E-state index is 13.2. The van der Waals surface area contributed by atoms with E-state index >= 15 is 0 Å². The fourth-order valence-electron chi connectivity index (χ4n) is 2.46. The van der Waals surface area contributed by atoms with Crippen molar-refractivity contribution < 1.29 is 9.18 Å². The van der Waals surface area contributed by atoms with Crippen LogP contribution in [0, 0.1) is 19.7 Å². The molecule has 0 unspecified atom stereocenters. The smallest absolute Gasteiger partial charge is 0.238 e. The van der Waals surface area contributed by atoms with Crippen LogP contribution in [0.2, 0.25) is 5.02 Å². The molecule has 0 aliphatic rings. The summed E-state index contributed by atoms with van der Waals surface area (Å²) in [6.07, 6.45) is 0. The molecule has 3 nitrogen and oxygen atoms in total. The van der Waals surface area contributed by atoms with Gasteiger partial charge in [-0.15, -0.1) is 0 Å². The zero-order chi connectivity index (χ0) is 17.9. The lowest BCUT2D eigenvalue weighted by atomic mass is 9.94. The second-order valence-corrected chi connectivity index (χ2v) is 6.88. The molecule has 0 aromatic heterocycles. The maximum Gasteiger partial charge on any atom is 0.238 e. The van der Waals surface area contributed by atoms with Crippen molar-refractivity contribution >= 4 is 23.2 Å². The summed E-state index contributed by atoms with van der Waals surface area (Å²) < 4.78 is 13.2. The number of amides is 1. The number of hydrogen-bond donors (Lipinski definition) is 2. The van der Waals surface area contributed by atoms with Crippen LogP contribution in [0.5, 0.6) is 0 Å². The summed E-state index contributed by atoms with van der Waals surface area (Å²) in [4.78, 5) is 12.2. The lowest BCUT2D eigenvalue weighted by Gasteiger charge is -2.28. The third-order valence-electron chi connectivity index (χ3n) is 3.96. The topological polar surface area (TPSA) is 41.1 Å². The fourth-order valence-corrected chi connectivity index (χ4v) is 2.86. The Hall–Kier alpha value is -1.91. The lowest BCUT2D eigenvalue weighted by Crippen LogP contribution is -2.41. The third-order valence-corrected chi connectivity index (χ3v) is 4.28. The molecule has 0 fully saturated rings. The van der Waals surface area contributed by atoms with Crippen LogP contribution in [-0.4, -0.2) is 12.5 Å². The van der Waals surface area contributed by atoms with E-state index in [1.54, 1.807) is 6.07 Å². The number of carbonyl (C=O) groups excluding carboxylic acids is 1. The summed E-state index contributed by atoms with van der Waals surface area (Å²) in [7, 11) is 0. The van der Waals surface area contributed by atoms with Crippen LogP contribution >= 0.6 is 11.6 Å². The number of nitrogens with one attached hydrogen (secondary N) is 2. The third kappa shape index (κ3) is 4.56. The number of anilines is 1. The minimum atomic E-state index is -0.566. The van der Waals surface area contributed by atoms with Crippen LogP contribution in [0.3, 0.4) is 0 Å². The van der Waals surface area contributed by atoms with Crippen LogP contribution in [0.15, 0.2) is 36.4 Å². The average molecular weight is 349 g/mol. The van der Waals surface area contributed by atoms with Crippen molar-refractivity contribution in [1.29, 1.82) is 0 Å². The fraction of sp³-hybridized carbons (Fsp3) is 0.316. The van der Waals surface area contributed by atoms with E-state index in [1.165, 1.54) is 12.1 Å². The number of aryl methyl sites for hydroxylation is 2. The van der Waals surface area contributed by atoms with E-state index in [-0.39, 0.29) is 18.3 Å². The highest BCUT2D eigenvalue weighted by Crippen LogP contribution is 2.28. The van der Waals surface area contributed by atoms with Gasteiger partial charge >= 0.3 is 0 Å². The molecule has 0 saturated heterocycles. The summed E-state index contributed by atoms with van der Waals surface area (Å²) in [5.41, 5.74) is 3.07. The highest BCUT2D eigenvalue weighted by molar-refractivity contribution is 6.31.